The van der Waals surface area contributed by atoms with Gasteiger partial charge in [-0.15, -0.1) is 0 Å². The highest BCUT2D eigenvalue weighted by Crippen LogP contribution is 2.27. The van der Waals surface area contributed by atoms with Crippen LogP contribution in [0.1, 0.15) is 58.0 Å². The van der Waals surface area contributed by atoms with Crippen LogP contribution < -0.4 is 5.32 Å². The van der Waals surface area contributed by atoms with Gasteiger partial charge in [0.05, 0.1) is 12.2 Å². The number of rotatable bonds is 5. The number of pyridine rings is 1. The van der Waals surface area contributed by atoms with E-state index in [2.05, 4.69) is 39.4 Å². The fourth-order valence-electron chi connectivity index (χ4n) is 3.72. The maximum atomic E-state index is 12.3. The summed E-state index contributed by atoms with van der Waals surface area (Å²) in [6.07, 6.45) is 4.81. The van der Waals surface area contributed by atoms with Crippen LogP contribution in [0.3, 0.4) is 0 Å². The van der Waals surface area contributed by atoms with E-state index in [4.69, 9.17) is 0 Å². The number of nitrogens with one attached hydrogen (secondary N) is 1. The Morgan fingerprint density at radius 3 is 2.61 bits per heavy atom. The number of aromatic nitrogens is 3. The Hall–Kier alpha value is -2.21. The van der Waals surface area contributed by atoms with E-state index in [1.165, 1.54) is 0 Å². The van der Waals surface area contributed by atoms with Crippen LogP contribution in [0.5, 0.6) is 0 Å². The molecular weight excluding hydrogens is 350 g/mol. The fourth-order valence-corrected chi connectivity index (χ4v) is 3.72. The Kier molecular flexibility index (Phi) is 6.18. The van der Waals surface area contributed by atoms with Crippen molar-refractivity contribution in [3.8, 4) is 0 Å². The molecule has 1 saturated heterocycles. The van der Waals surface area contributed by atoms with Gasteiger partial charge in [-0.2, -0.15) is 5.10 Å². The zero-order valence-electron chi connectivity index (χ0n) is 17.8. The molecule has 1 atom stereocenters. The van der Waals surface area contributed by atoms with Gasteiger partial charge in [0.25, 0.3) is 0 Å². The Balaban J connectivity index is 1.57. The minimum atomic E-state index is -0.419. The summed E-state index contributed by atoms with van der Waals surface area (Å²) in [5.74, 6) is 0.821. The molecule has 0 unspecified atom stereocenters. The lowest BCUT2D eigenvalue weighted by atomic mass is 9.96. The molecule has 0 aliphatic carbocycles. The van der Waals surface area contributed by atoms with Gasteiger partial charge >= 0.3 is 0 Å². The van der Waals surface area contributed by atoms with E-state index in [-0.39, 0.29) is 5.91 Å². The van der Waals surface area contributed by atoms with Crippen LogP contribution in [0.25, 0.3) is 0 Å². The number of hydrogen-bond donors (Lipinski definition) is 1. The second-order valence-corrected chi connectivity index (χ2v) is 8.96. The third-order valence-electron chi connectivity index (χ3n) is 5.51. The molecule has 1 N–H and O–H groups in total. The predicted octanol–water partition coefficient (Wildman–Crippen LogP) is 3.84. The van der Waals surface area contributed by atoms with Crippen molar-refractivity contribution >= 4 is 11.7 Å². The van der Waals surface area contributed by atoms with Crippen molar-refractivity contribution in [2.45, 2.75) is 66.0 Å². The summed E-state index contributed by atoms with van der Waals surface area (Å²) in [6, 6.07) is 8.92. The Morgan fingerprint density at radius 2 is 1.96 bits per heavy atom. The van der Waals surface area contributed by atoms with E-state index in [0.29, 0.717) is 12.1 Å². The van der Waals surface area contributed by atoms with Crippen molar-refractivity contribution in [1.82, 2.24) is 19.7 Å². The van der Waals surface area contributed by atoms with Gasteiger partial charge in [0.1, 0.15) is 5.82 Å². The highest BCUT2D eigenvalue weighted by atomic mass is 16.2. The highest BCUT2D eigenvalue weighted by molar-refractivity contribution is 5.93. The number of piperidine rings is 1. The first-order valence-corrected chi connectivity index (χ1v) is 10.3. The largest absolute Gasteiger partial charge is 0.310 e. The molecule has 0 spiro atoms. The van der Waals surface area contributed by atoms with E-state index in [1.54, 1.807) is 6.20 Å². The van der Waals surface area contributed by atoms with E-state index in [9.17, 15) is 4.79 Å². The van der Waals surface area contributed by atoms with Gasteiger partial charge in [0.2, 0.25) is 5.91 Å². The summed E-state index contributed by atoms with van der Waals surface area (Å²) in [6.45, 7) is 12.2. The minimum absolute atomic E-state index is 0.0194. The monoisotopic (exact) mass is 383 g/mol. The summed E-state index contributed by atoms with van der Waals surface area (Å²) in [4.78, 5) is 19.5. The molecule has 6 nitrogen and oxygen atoms in total. The average molecular weight is 384 g/mol. The van der Waals surface area contributed by atoms with E-state index >= 15 is 0 Å². The topological polar surface area (TPSA) is 63.1 Å². The Morgan fingerprint density at radius 1 is 1.25 bits per heavy atom. The summed E-state index contributed by atoms with van der Waals surface area (Å²) < 4.78 is 1.99. The number of anilines is 1. The van der Waals surface area contributed by atoms with Crippen LogP contribution in [0.2, 0.25) is 0 Å². The van der Waals surface area contributed by atoms with Gasteiger partial charge in [-0.1, -0.05) is 26.8 Å². The molecule has 1 fully saturated rings. The molecule has 0 saturated carbocycles. The molecule has 1 amide bonds. The zero-order valence-corrected chi connectivity index (χ0v) is 17.8. The standard InChI is InChI=1S/C22H33N5O/c1-16-7-6-8-18(24-16)15-17(2)26-13-10-19(11-14-26)27-20(9-12-23-27)25-21(28)22(3,4)5/h6-9,12,17,19H,10-11,13-15H2,1-5H3,(H,25,28)/t17-/m0/s1. The fraction of sp³-hybridized carbons (Fsp3) is 0.591. The maximum Gasteiger partial charge on any atom is 0.230 e. The first-order chi connectivity index (χ1) is 13.2. The second kappa shape index (κ2) is 8.43. The van der Waals surface area contributed by atoms with Crippen LogP contribution in [-0.2, 0) is 11.2 Å². The maximum absolute atomic E-state index is 12.3. The Bertz CT molecular complexity index is 799. The molecule has 1 aliphatic heterocycles. The SMILES string of the molecule is Cc1cccc(C[C@H](C)N2CCC(n3nccc3NC(=O)C(C)(C)C)CC2)n1. The minimum Gasteiger partial charge on any atom is -0.310 e. The molecule has 0 aromatic carbocycles. The lowest BCUT2D eigenvalue weighted by molar-refractivity contribution is -0.123. The van der Waals surface area contributed by atoms with Gasteiger partial charge in [0.15, 0.2) is 0 Å². The molecule has 3 rings (SSSR count). The first-order valence-electron chi connectivity index (χ1n) is 10.3. The summed E-state index contributed by atoms with van der Waals surface area (Å²) >= 11 is 0. The number of aryl methyl sites for hydroxylation is 1. The molecule has 2 aromatic rings. The van der Waals surface area contributed by atoms with Crippen LogP contribution in [0.4, 0.5) is 5.82 Å². The van der Waals surface area contributed by atoms with Crippen molar-refractivity contribution in [3.05, 3.63) is 41.9 Å². The number of amides is 1. The van der Waals surface area contributed by atoms with Crippen molar-refractivity contribution in [2.24, 2.45) is 5.41 Å². The number of carbonyl (C=O) groups excluding carboxylic acids is 1. The molecule has 2 aromatic heterocycles. The molecular formula is C22H33N5O. The average Bonchev–Trinajstić information content (AvgIpc) is 3.09. The summed E-state index contributed by atoms with van der Waals surface area (Å²) in [5, 5.41) is 7.54. The van der Waals surface area contributed by atoms with Crippen LogP contribution in [0, 0.1) is 12.3 Å². The van der Waals surface area contributed by atoms with Crippen molar-refractivity contribution < 1.29 is 4.79 Å². The molecule has 0 bridgehead atoms. The molecule has 0 radical (unpaired) electrons. The van der Waals surface area contributed by atoms with Crippen molar-refractivity contribution in [2.75, 3.05) is 18.4 Å². The molecule has 28 heavy (non-hydrogen) atoms. The number of nitrogens with zero attached hydrogens (tertiary/aromatic N) is 4. The normalized spacial score (nSPS) is 17.5. The highest BCUT2D eigenvalue weighted by Gasteiger charge is 2.27. The smallest absolute Gasteiger partial charge is 0.230 e. The molecule has 3 heterocycles. The molecule has 152 valence electrons. The van der Waals surface area contributed by atoms with Gasteiger partial charge < -0.3 is 10.2 Å². The zero-order chi connectivity index (χ0) is 20.3. The van der Waals surface area contributed by atoms with Crippen molar-refractivity contribution in [1.29, 1.82) is 0 Å². The number of hydrogen-bond acceptors (Lipinski definition) is 4. The van der Waals surface area contributed by atoms with Gasteiger partial charge in [-0.3, -0.25) is 9.78 Å². The quantitative estimate of drug-likeness (QED) is 0.852. The van der Waals surface area contributed by atoms with Crippen LogP contribution in [0.15, 0.2) is 30.5 Å². The molecule has 1 aliphatic rings. The third kappa shape index (κ3) is 4.98. The molecule has 6 heteroatoms. The Labute approximate surface area is 168 Å². The van der Waals surface area contributed by atoms with E-state index in [0.717, 1.165) is 49.6 Å². The second-order valence-electron chi connectivity index (χ2n) is 8.96. The number of likely N-dealkylation sites (tertiary alicyclic amines) is 1. The van der Waals surface area contributed by atoms with Gasteiger partial charge in [0, 0.05) is 48.4 Å². The third-order valence-corrected chi connectivity index (χ3v) is 5.51. The summed E-state index contributed by atoms with van der Waals surface area (Å²) in [7, 11) is 0. The van der Waals surface area contributed by atoms with Crippen LogP contribution >= 0.6 is 0 Å². The van der Waals surface area contributed by atoms with Gasteiger partial charge in [-0.25, -0.2) is 4.68 Å². The first kappa shape index (κ1) is 20.5. The predicted molar refractivity (Wildman–Crippen MR) is 112 cm³/mol. The lowest BCUT2D eigenvalue weighted by Gasteiger charge is -2.36. The van der Waals surface area contributed by atoms with Crippen molar-refractivity contribution in [3.63, 3.8) is 0 Å². The van der Waals surface area contributed by atoms with E-state index < -0.39 is 5.41 Å². The summed E-state index contributed by atoms with van der Waals surface area (Å²) in [5.41, 5.74) is 1.82. The lowest BCUT2D eigenvalue weighted by Crippen LogP contribution is -2.42. The van der Waals surface area contributed by atoms with Gasteiger partial charge in [-0.05, 0) is 38.8 Å². The van der Waals surface area contributed by atoms with Crippen LogP contribution in [-0.4, -0.2) is 44.7 Å². The van der Waals surface area contributed by atoms with E-state index in [1.807, 2.05) is 44.5 Å². The number of carbonyl (C=O) groups is 1.